The Bertz CT molecular complexity index is 1570. The highest BCUT2D eigenvalue weighted by molar-refractivity contribution is 6.09. The zero-order valence-corrected chi connectivity index (χ0v) is 18.6. The van der Waals surface area contributed by atoms with Gasteiger partial charge in [-0.1, -0.05) is 67.2 Å². The molecular weight excluding hydrogens is 420 g/mol. The summed E-state index contributed by atoms with van der Waals surface area (Å²) < 4.78 is 12.4. The predicted octanol–water partition coefficient (Wildman–Crippen LogP) is 7.10. The van der Waals surface area contributed by atoms with E-state index < -0.39 is 0 Å². The summed E-state index contributed by atoms with van der Waals surface area (Å²) in [7, 11) is 0. The first-order valence-corrected chi connectivity index (χ1v) is 11.2. The third kappa shape index (κ3) is 3.59. The van der Waals surface area contributed by atoms with E-state index in [0.717, 1.165) is 60.4 Å². The van der Waals surface area contributed by atoms with Crippen LogP contribution in [0.5, 0.6) is 11.5 Å². The molecule has 0 atom stereocenters. The van der Waals surface area contributed by atoms with E-state index in [1.807, 2.05) is 48.8 Å². The molecule has 0 aliphatic carbocycles. The minimum Gasteiger partial charge on any atom is -0.488 e. The van der Waals surface area contributed by atoms with Crippen molar-refractivity contribution in [3.8, 4) is 11.5 Å². The Morgan fingerprint density at radius 1 is 0.559 bits per heavy atom. The first-order valence-electron chi connectivity index (χ1n) is 11.2. The Morgan fingerprint density at radius 3 is 1.50 bits per heavy atom. The molecule has 164 valence electrons. The van der Waals surface area contributed by atoms with Crippen LogP contribution in [0, 0.1) is 0 Å². The first-order chi connectivity index (χ1) is 16.8. The molecule has 2 heterocycles. The Hall–Kier alpha value is -4.44. The van der Waals surface area contributed by atoms with Crippen molar-refractivity contribution in [2.45, 2.75) is 0 Å². The van der Waals surface area contributed by atoms with Crippen LogP contribution in [0.4, 0.5) is 0 Å². The number of rotatable bonds is 6. The highest BCUT2D eigenvalue weighted by Crippen LogP contribution is 2.33. The first kappa shape index (κ1) is 20.2. The summed E-state index contributed by atoms with van der Waals surface area (Å²) in [6.45, 7) is 4.89. The molecule has 4 nitrogen and oxygen atoms in total. The van der Waals surface area contributed by atoms with E-state index in [4.69, 9.17) is 9.47 Å². The van der Waals surface area contributed by atoms with E-state index in [9.17, 15) is 0 Å². The average Bonchev–Trinajstić information content (AvgIpc) is 2.90. The quantitative estimate of drug-likeness (QED) is 0.204. The van der Waals surface area contributed by atoms with Gasteiger partial charge in [-0.2, -0.15) is 0 Å². The van der Waals surface area contributed by atoms with Gasteiger partial charge in [-0.3, -0.25) is 9.97 Å². The van der Waals surface area contributed by atoms with Gasteiger partial charge < -0.3 is 9.47 Å². The molecule has 0 aliphatic rings. The van der Waals surface area contributed by atoms with Crippen LogP contribution in [0.25, 0.3) is 43.4 Å². The minimum absolute atomic E-state index is 0.353. The molecule has 0 saturated heterocycles. The number of aromatic nitrogens is 2. The monoisotopic (exact) mass is 442 g/mol. The van der Waals surface area contributed by atoms with Gasteiger partial charge in [0.05, 0.1) is 21.8 Å². The van der Waals surface area contributed by atoms with Crippen LogP contribution in [-0.4, -0.2) is 23.2 Å². The molecule has 0 bridgehead atoms. The molecule has 0 aliphatic heterocycles. The highest BCUT2D eigenvalue weighted by Gasteiger charge is 2.11. The van der Waals surface area contributed by atoms with Gasteiger partial charge in [0.25, 0.3) is 0 Å². The van der Waals surface area contributed by atoms with Crippen molar-refractivity contribution in [1.29, 1.82) is 0 Å². The molecular formula is C30H22N2O2. The molecule has 2 aromatic heterocycles. The third-order valence-corrected chi connectivity index (χ3v) is 6.02. The van der Waals surface area contributed by atoms with Gasteiger partial charge in [-0.15, -0.1) is 0 Å². The average molecular weight is 443 g/mol. The van der Waals surface area contributed by atoms with Gasteiger partial charge in [0.1, 0.15) is 24.7 Å². The second-order valence-electron chi connectivity index (χ2n) is 8.32. The zero-order valence-electron chi connectivity index (χ0n) is 18.6. The van der Waals surface area contributed by atoms with Crippen molar-refractivity contribution < 1.29 is 9.47 Å². The molecule has 6 aromatic rings. The van der Waals surface area contributed by atoms with Crippen LogP contribution in [0.2, 0.25) is 0 Å². The fraction of sp³-hybridized carbons (Fsp3) is 0.0667. The number of nitrogens with zero attached hydrogens (tertiary/aromatic N) is 2. The summed E-state index contributed by atoms with van der Waals surface area (Å²) >= 11 is 0. The molecule has 0 amide bonds. The summed E-state index contributed by atoms with van der Waals surface area (Å²) in [5, 5.41) is 6.40. The molecule has 0 N–H and O–H groups in total. The molecule has 6 rings (SSSR count). The summed E-state index contributed by atoms with van der Waals surface area (Å²) in [5.74, 6) is 1.59. The number of pyridine rings is 2. The normalized spacial score (nSPS) is 11.3. The molecule has 0 fully saturated rings. The van der Waals surface area contributed by atoms with Crippen molar-refractivity contribution >= 4 is 43.4 Å². The maximum Gasteiger partial charge on any atom is 0.129 e. The summed E-state index contributed by atoms with van der Waals surface area (Å²) in [5.41, 5.74) is 2.72. The molecule has 4 aromatic carbocycles. The Balaban J connectivity index is 1.23. The number of fused-ring (bicyclic) bond motifs is 6. The lowest BCUT2D eigenvalue weighted by atomic mass is 10.1. The van der Waals surface area contributed by atoms with Crippen molar-refractivity contribution in [3.05, 3.63) is 109 Å². The smallest absolute Gasteiger partial charge is 0.129 e. The van der Waals surface area contributed by atoms with E-state index in [2.05, 4.69) is 65.1 Å². The van der Waals surface area contributed by atoms with Gasteiger partial charge in [0.15, 0.2) is 0 Å². The third-order valence-electron chi connectivity index (χ3n) is 6.02. The number of hydrogen-bond donors (Lipinski definition) is 0. The SMILES string of the molecule is C=C(COc1cccc2ccc3cccnc3c12)COc1cccc2ccc3cccnc3c12. The molecule has 4 heteroatoms. The Morgan fingerprint density at radius 2 is 1.00 bits per heavy atom. The van der Waals surface area contributed by atoms with E-state index >= 15 is 0 Å². The lowest BCUT2D eigenvalue weighted by Crippen LogP contribution is -2.09. The van der Waals surface area contributed by atoms with Crippen LogP contribution < -0.4 is 9.47 Å². The second kappa shape index (κ2) is 8.49. The Kier molecular flexibility index (Phi) is 5.04. The van der Waals surface area contributed by atoms with Gasteiger partial charge in [0.2, 0.25) is 0 Å². The van der Waals surface area contributed by atoms with E-state index in [1.165, 1.54) is 0 Å². The fourth-order valence-electron chi connectivity index (χ4n) is 4.40. The van der Waals surface area contributed by atoms with Crippen LogP contribution in [0.1, 0.15) is 0 Å². The molecule has 0 saturated carbocycles. The number of benzene rings is 4. The standard InChI is InChI=1S/C30H22N2O2/c1-20(18-33-25-10-2-6-21-12-14-23-8-4-16-31-29(23)27(21)25)19-34-26-11-3-7-22-13-15-24-9-5-17-32-30(24)28(22)26/h2-17H,1,18-19H2. The number of hydrogen-bond acceptors (Lipinski definition) is 4. The predicted molar refractivity (Wildman–Crippen MR) is 139 cm³/mol. The fourth-order valence-corrected chi connectivity index (χ4v) is 4.40. The molecule has 34 heavy (non-hydrogen) atoms. The highest BCUT2D eigenvalue weighted by atomic mass is 16.5. The summed E-state index contributed by atoms with van der Waals surface area (Å²) in [6, 6.07) is 28.5. The minimum atomic E-state index is 0.353. The maximum absolute atomic E-state index is 6.20. The Labute approximate surface area is 197 Å². The van der Waals surface area contributed by atoms with Crippen molar-refractivity contribution in [2.24, 2.45) is 0 Å². The summed E-state index contributed by atoms with van der Waals surface area (Å²) in [4.78, 5) is 9.19. The number of ether oxygens (including phenoxy) is 2. The topological polar surface area (TPSA) is 44.2 Å². The van der Waals surface area contributed by atoms with Crippen molar-refractivity contribution in [3.63, 3.8) is 0 Å². The largest absolute Gasteiger partial charge is 0.488 e. The van der Waals surface area contributed by atoms with Gasteiger partial charge in [-0.25, -0.2) is 0 Å². The van der Waals surface area contributed by atoms with Gasteiger partial charge >= 0.3 is 0 Å². The van der Waals surface area contributed by atoms with Gasteiger partial charge in [0, 0.05) is 23.2 Å². The van der Waals surface area contributed by atoms with E-state index in [-0.39, 0.29) is 0 Å². The van der Waals surface area contributed by atoms with Gasteiger partial charge in [-0.05, 0) is 40.6 Å². The lowest BCUT2D eigenvalue weighted by Gasteiger charge is -2.14. The van der Waals surface area contributed by atoms with Crippen LogP contribution in [0.15, 0.2) is 109 Å². The summed E-state index contributed by atoms with van der Waals surface area (Å²) in [6.07, 6.45) is 3.63. The van der Waals surface area contributed by atoms with Crippen LogP contribution in [0.3, 0.4) is 0 Å². The van der Waals surface area contributed by atoms with Crippen LogP contribution >= 0.6 is 0 Å². The molecule has 0 spiro atoms. The lowest BCUT2D eigenvalue weighted by molar-refractivity contribution is 0.305. The maximum atomic E-state index is 6.20. The zero-order chi connectivity index (χ0) is 22.9. The van der Waals surface area contributed by atoms with E-state index in [0.29, 0.717) is 13.2 Å². The molecule has 0 radical (unpaired) electrons. The second-order valence-corrected chi connectivity index (χ2v) is 8.32. The van der Waals surface area contributed by atoms with Crippen LogP contribution in [-0.2, 0) is 0 Å². The van der Waals surface area contributed by atoms with Crippen molar-refractivity contribution in [1.82, 2.24) is 9.97 Å². The molecule has 0 unspecified atom stereocenters. The van der Waals surface area contributed by atoms with E-state index in [1.54, 1.807) is 0 Å². The van der Waals surface area contributed by atoms with Crippen molar-refractivity contribution in [2.75, 3.05) is 13.2 Å².